The van der Waals surface area contributed by atoms with Crippen LogP contribution in [0.1, 0.15) is 122 Å². The molecule has 0 aliphatic heterocycles. The van der Waals surface area contributed by atoms with Crippen LogP contribution in [-0.4, -0.2) is 102 Å². The van der Waals surface area contributed by atoms with E-state index in [1.807, 2.05) is 0 Å². The highest BCUT2D eigenvalue weighted by atomic mass is 16.4. The summed E-state index contributed by atoms with van der Waals surface area (Å²) in [6, 6.07) is 5.69. The lowest BCUT2D eigenvalue weighted by Gasteiger charge is -2.26. The van der Waals surface area contributed by atoms with Crippen molar-refractivity contribution in [2.24, 2.45) is 63.1 Å². The van der Waals surface area contributed by atoms with Gasteiger partial charge in [-0.2, -0.15) is 0 Å². The molecule has 65 heavy (non-hydrogen) atoms. The number of Topliss-reactive ketones (excluding diaryl/α,β-unsaturated/α-hetero) is 3. The van der Waals surface area contributed by atoms with Gasteiger partial charge in [0.15, 0.2) is 23.3 Å². The van der Waals surface area contributed by atoms with Gasteiger partial charge in [-0.05, 0) is 83.4 Å². The summed E-state index contributed by atoms with van der Waals surface area (Å²) in [6.45, 7) is 3.83. The molecule has 0 aliphatic carbocycles. The van der Waals surface area contributed by atoms with Crippen LogP contribution < -0.4 is 50.4 Å². The fraction of sp³-hybridized carbons (Fsp3) is 0.644. The standard InChI is InChI=1S/C45H75N11O9/c1-28(23-40(60)61)42(63)56-35(24-30-13-4-3-5-14-30)38(59)27-33(16-9-11-21-47)44(65)55-34(18-6-7-19-39(48)49)37(58)26-32(15-8-10-20-46)43(64)54-29(2)36(57)25-31(41(50)62)17-12-22-53-45(51)52/h3-5,13-14,28-29,31-35H,6-12,15-27,46-47H2,1-2H3,(H3,48,49)(H2,50,62)(H,54,64)(H,55,65)(H,56,63)(H,60,61)(H4,51,52,53)/t28-,29-,31+,32+,33+,34-,35-/m0/s1. The Hall–Kier alpha value is -5.76. The molecule has 0 radical (unpaired) electrons. The predicted molar refractivity (Wildman–Crippen MR) is 248 cm³/mol. The highest BCUT2D eigenvalue weighted by Crippen LogP contribution is 2.22. The van der Waals surface area contributed by atoms with Crippen LogP contribution in [0.4, 0.5) is 0 Å². The minimum absolute atomic E-state index is 0.0432. The first-order valence-electron chi connectivity index (χ1n) is 22.6. The van der Waals surface area contributed by atoms with Crippen LogP contribution in [0.25, 0.3) is 0 Å². The van der Waals surface area contributed by atoms with Crippen molar-refractivity contribution in [1.82, 2.24) is 16.0 Å². The van der Waals surface area contributed by atoms with E-state index in [9.17, 15) is 43.5 Å². The summed E-state index contributed by atoms with van der Waals surface area (Å²) < 4.78 is 0. The normalized spacial score (nSPS) is 14.3. The number of unbranched alkanes of at least 4 members (excludes halogenated alkanes) is 3. The second kappa shape index (κ2) is 32.0. The second-order valence-corrected chi connectivity index (χ2v) is 16.8. The maximum absolute atomic E-state index is 14.2. The van der Waals surface area contributed by atoms with E-state index in [4.69, 9.17) is 39.8 Å². The Balaban J connectivity index is 3.39. The maximum Gasteiger partial charge on any atom is 0.304 e. The Morgan fingerprint density at radius 2 is 1.12 bits per heavy atom. The molecule has 17 N–H and O–H groups in total. The highest BCUT2D eigenvalue weighted by Gasteiger charge is 2.33. The minimum atomic E-state index is -1.17. The summed E-state index contributed by atoms with van der Waals surface area (Å²) in [7, 11) is 0. The molecule has 4 amide bonds. The number of hydrogen-bond donors (Lipinski definition) is 11. The monoisotopic (exact) mass is 914 g/mol. The lowest BCUT2D eigenvalue weighted by Crippen LogP contribution is -2.48. The van der Waals surface area contributed by atoms with Crippen molar-refractivity contribution >= 4 is 58.7 Å². The van der Waals surface area contributed by atoms with Gasteiger partial charge in [0.25, 0.3) is 0 Å². The number of nitrogens with zero attached hydrogens (tertiary/aromatic N) is 1. The van der Waals surface area contributed by atoms with Crippen molar-refractivity contribution < 1.29 is 43.5 Å². The molecule has 0 bridgehead atoms. The van der Waals surface area contributed by atoms with Gasteiger partial charge in [0.2, 0.25) is 23.6 Å². The SMILES string of the molecule is C[C@H](NC(=O)[C@H](CCCCN)CC(=O)[C@H](CCCCC(=N)N)NC(=O)[C@H](CCCCN)CC(=O)[C@H](Cc1ccccc1)NC(=O)[C@@H](C)CC(=O)O)C(=O)C[C@@H](CCCN=C(N)N)C(N)=O. The molecule has 0 fully saturated rings. The van der Waals surface area contributed by atoms with Crippen LogP contribution in [0, 0.1) is 29.1 Å². The number of aliphatic imine (C=N–C) groups is 1. The fourth-order valence-electron chi connectivity index (χ4n) is 7.25. The number of benzene rings is 1. The zero-order chi connectivity index (χ0) is 48.9. The van der Waals surface area contributed by atoms with Gasteiger partial charge in [-0.3, -0.25) is 48.8 Å². The Bertz CT molecular complexity index is 1740. The molecule has 0 heterocycles. The molecule has 0 saturated heterocycles. The molecule has 1 rings (SSSR count). The number of rotatable bonds is 37. The summed E-state index contributed by atoms with van der Waals surface area (Å²) in [4.78, 5) is 110. The first kappa shape index (κ1) is 57.3. The second-order valence-electron chi connectivity index (χ2n) is 16.8. The molecule has 1 aromatic carbocycles. The zero-order valence-corrected chi connectivity index (χ0v) is 38.2. The third-order valence-electron chi connectivity index (χ3n) is 11.2. The Morgan fingerprint density at radius 3 is 1.65 bits per heavy atom. The summed E-state index contributed by atoms with van der Waals surface area (Å²) in [5.74, 6) is -8.78. The number of carbonyl (C=O) groups excluding carboxylic acids is 7. The number of hydrogen-bond acceptors (Lipinski definition) is 12. The number of guanidine groups is 1. The Kier molecular flexibility index (Phi) is 28.2. The van der Waals surface area contributed by atoms with E-state index in [0.29, 0.717) is 58.0 Å². The van der Waals surface area contributed by atoms with Crippen LogP contribution in [0.15, 0.2) is 35.3 Å². The van der Waals surface area contributed by atoms with E-state index in [-0.39, 0.29) is 76.1 Å². The number of carboxylic acids is 1. The van der Waals surface area contributed by atoms with E-state index in [1.165, 1.54) is 13.8 Å². The number of nitrogens with two attached hydrogens (primary N) is 6. The lowest BCUT2D eigenvalue weighted by molar-refractivity contribution is -0.141. The molecule has 0 spiro atoms. The van der Waals surface area contributed by atoms with Gasteiger partial charge in [-0.1, -0.05) is 56.5 Å². The van der Waals surface area contributed by atoms with Crippen molar-refractivity contribution in [2.75, 3.05) is 19.6 Å². The van der Waals surface area contributed by atoms with E-state index < -0.39 is 95.2 Å². The number of ketones is 3. The third-order valence-corrected chi connectivity index (χ3v) is 11.2. The van der Waals surface area contributed by atoms with Crippen LogP contribution in [-0.2, 0) is 44.8 Å². The predicted octanol–water partition coefficient (Wildman–Crippen LogP) is 0.834. The van der Waals surface area contributed by atoms with Gasteiger partial charge in [0.1, 0.15) is 0 Å². The van der Waals surface area contributed by atoms with Gasteiger partial charge in [0.05, 0.1) is 30.4 Å². The number of amides is 4. The van der Waals surface area contributed by atoms with E-state index in [1.54, 1.807) is 30.3 Å². The molecule has 0 saturated carbocycles. The molecule has 0 unspecified atom stereocenters. The highest BCUT2D eigenvalue weighted by molar-refractivity contribution is 5.97. The zero-order valence-electron chi connectivity index (χ0n) is 38.2. The molecule has 7 atom stereocenters. The average molecular weight is 914 g/mol. The van der Waals surface area contributed by atoms with Crippen LogP contribution >= 0.6 is 0 Å². The van der Waals surface area contributed by atoms with Gasteiger partial charge >= 0.3 is 5.97 Å². The number of carboxylic acid groups (broad SMARTS) is 1. The summed E-state index contributed by atoms with van der Waals surface area (Å²) in [5.41, 5.74) is 34.1. The smallest absolute Gasteiger partial charge is 0.304 e. The summed E-state index contributed by atoms with van der Waals surface area (Å²) in [6.07, 6.45) is 3.18. The molecule has 1 aromatic rings. The van der Waals surface area contributed by atoms with Crippen LogP contribution in [0.2, 0.25) is 0 Å². The Labute approximate surface area is 382 Å². The van der Waals surface area contributed by atoms with E-state index in [0.717, 1.165) is 5.56 Å². The van der Waals surface area contributed by atoms with Crippen molar-refractivity contribution in [3.63, 3.8) is 0 Å². The number of carbonyl (C=O) groups is 8. The number of amidine groups is 1. The van der Waals surface area contributed by atoms with Crippen molar-refractivity contribution in [2.45, 2.75) is 141 Å². The summed E-state index contributed by atoms with van der Waals surface area (Å²) >= 11 is 0. The van der Waals surface area contributed by atoms with Crippen LogP contribution in [0.5, 0.6) is 0 Å². The minimum Gasteiger partial charge on any atom is -0.481 e. The third kappa shape index (κ3) is 24.8. The van der Waals surface area contributed by atoms with Crippen molar-refractivity contribution in [3.8, 4) is 0 Å². The quantitative estimate of drug-likeness (QED) is 0.0250. The van der Waals surface area contributed by atoms with Gasteiger partial charge < -0.3 is 55.5 Å². The fourth-order valence-corrected chi connectivity index (χ4v) is 7.25. The largest absolute Gasteiger partial charge is 0.481 e. The average Bonchev–Trinajstić information content (AvgIpc) is 3.24. The van der Waals surface area contributed by atoms with Gasteiger partial charge in [0, 0.05) is 55.9 Å². The van der Waals surface area contributed by atoms with E-state index in [2.05, 4.69) is 20.9 Å². The molecule has 364 valence electrons. The molecular formula is C45H75N11O9. The van der Waals surface area contributed by atoms with Gasteiger partial charge in [-0.25, -0.2) is 0 Å². The maximum atomic E-state index is 14.2. The summed E-state index contributed by atoms with van der Waals surface area (Å²) in [5, 5.41) is 25.1. The molecular weight excluding hydrogens is 839 g/mol. The molecule has 20 heteroatoms. The lowest BCUT2D eigenvalue weighted by atomic mass is 9.88. The van der Waals surface area contributed by atoms with E-state index >= 15 is 0 Å². The number of primary amides is 1. The topological polar surface area (TPSA) is 385 Å². The molecule has 0 aliphatic rings. The number of aliphatic carboxylic acids is 1. The first-order chi connectivity index (χ1) is 30.8. The van der Waals surface area contributed by atoms with Crippen molar-refractivity contribution in [1.29, 1.82) is 5.41 Å². The first-order valence-corrected chi connectivity index (χ1v) is 22.6. The van der Waals surface area contributed by atoms with Crippen molar-refractivity contribution in [3.05, 3.63) is 35.9 Å². The Morgan fingerprint density at radius 1 is 0.615 bits per heavy atom. The van der Waals surface area contributed by atoms with Gasteiger partial charge in [-0.15, -0.1) is 0 Å². The molecule has 0 aromatic heterocycles. The molecule has 20 nitrogen and oxygen atoms in total. The number of nitrogens with one attached hydrogen (secondary N) is 4. The van der Waals surface area contributed by atoms with Crippen LogP contribution in [0.3, 0.4) is 0 Å².